The van der Waals surface area contributed by atoms with E-state index in [0.717, 1.165) is 40.3 Å². The van der Waals surface area contributed by atoms with Crippen molar-refractivity contribution >= 4 is 38.4 Å². The molecule has 252 valence electrons. The molecule has 1 aliphatic rings. The van der Waals surface area contributed by atoms with E-state index in [0.29, 0.717) is 33.9 Å². The van der Waals surface area contributed by atoms with Gasteiger partial charge in [-0.15, -0.1) is 11.3 Å². The average Bonchev–Trinajstić information content (AvgIpc) is 3.75. The van der Waals surface area contributed by atoms with Gasteiger partial charge in [-0.3, -0.25) is 9.48 Å². The summed E-state index contributed by atoms with van der Waals surface area (Å²) in [5.74, 6) is -1.93. The standard InChI is InChI=1S/C36H33F3N6O3S/c1-7-30(46)45-18(2)16-44-28(19(45)3)15-26(42-44)35-33(31-23(38)13-22(37)14-29(31)48-11-10-47-6)32-24(39)17-49-36(32)34(41-35)21-8-9-27-25(12-21)40-20(4)43(27)5/h7-9,12-15,17-19H,1,10-11,16H2,2-6H3/t18-,19+/m1/s1. The quantitative estimate of drug-likeness (QED) is 0.121. The maximum Gasteiger partial charge on any atom is 0.246 e. The van der Waals surface area contributed by atoms with Gasteiger partial charge in [0.15, 0.2) is 0 Å². The number of amides is 1. The number of rotatable bonds is 8. The molecule has 7 rings (SSSR count). The highest BCUT2D eigenvalue weighted by atomic mass is 32.1. The molecule has 0 unspecified atom stereocenters. The Kier molecular flexibility index (Phi) is 8.27. The van der Waals surface area contributed by atoms with Crippen molar-refractivity contribution in [2.45, 2.75) is 39.4 Å². The molecular formula is C36H33F3N6O3S. The number of halogens is 3. The fourth-order valence-corrected chi connectivity index (χ4v) is 7.65. The Morgan fingerprint density at radius 2 is 1.86 bits per heavy atom. The molecule has 0 saturated heterocycles. The van der Waals surface area contributed by atoms with Crippen molar-refractivity contribution in [1.82, 2.24) is 29.2 Å². The number of hydrogen-bond donors (Lipinski definition) is 0. The Morgan fingerprint density at radius 3 is 2.61 bits per heavy atom. The van der Waals surface area contributed by atoms with Gasteiger partial charge in [0.2, 0.25) is 5.91 Å². The lowest BCUT2D eigenvalue weighted by molar-refractivity contribution is -0.131. The molecule has 0 N–H and O–H groups in total. The van der Waals surface area contributed by atoms with Crippen LogP contribution in [-0.4, -0.2) is 61.5 Å². The second-order valence-corrected chi connectivity index (χ2v) is 13.0. The zero-order valence-electron chi connectivity index (χ0n) is 27.6. The van der Waals surface area contributed by atoms with Crippen LogP contribution < -0.4 is 4.74 Å². The van der Waals surface area contributed by atoms with Gasteiger partial charge in [0, 0.05) is 54.2 Å². The molecule has 1 amide bonds. The van der Waals surface area contributed by atoms with E-state index in [4.69, 9.17) is 19.6 Å². The molecule has 0 aliphatic carbocycles. The summed E-state index contributed by atoms with van der Waals surface area (Å²) in [7, 11) is 3.41. The number of carbonyl (C=O) groups excluding carboxylic acids is 1. The third kappa shape index (κ3) is 5.37. The maximum atomic E-state index is 16.2. The first-order valence-electron chi connectivity index (χ1n) is 15.7. The van der Waals surface area contributed by atoms with E-state index in [9.17, 15) is 9.18 Å². The van der Waals surface area contributed by atoms with Crippen molar-refractivity contribution < 1.29 is 27.4 Å². The Balaban J connectivity index is 1.54. The molecule has 2 atom stereocenters. The van der Waals surface area contributed by atoms with E-state index >= 15 is 8.78 Å². The van der Waals surface area contributed by atoms with Crippen LogP contribution in [0.15, 0.2) is 54.4 Å². The van der Waals surface area contributed by atoms with E-state index in [-0.39, 0.29) is 59.2 Å². The van der Waals surface area contributed by atoms with E-state index in [1.54, 1.807) is 15.6 Å². The number of fused-ring (bicyclic) bond motifs is 3. The molecule has 1 aliphatic heterocycles. The molecule has 0 saturated carbocycles. The normalized spacial score (nSPS) is 16.0. The summed E-state index contributed by atoms with van der Waals surface area (Å²) < 4.78 is 62.2. The molecule has 6 aromatic rings. The minimum atomic E-state index is -0.950. The Bertz CT molecular complexity index is 2290. The number of thiophene rings is 1. The van der Waals surface area contributed by atoms with Gasteiger partial charge < -0.3 is 18.9 Å². The number of methoxy groups -OCH3 is 1. The average molecular weight is 687 g/mol. The number of ether oxygens (including phenoxy) is 2. The van der Waals surface area contributed by atoms with E-state index < -0.39 is 17.5 Å². The van der Waals surface area contributed by atoms with Gasteiger partial charge in [-0.1, -0.05) is 12.6 Å². The first-order valence-corrected chi connectivity index (χ1v) is 16.6. The van der Waals surface area contributed by atoms with Gasteiger partial charge >= 0.3 is 0 Å². The van der Waals surface area contributed by atoms with Gasteiger partial charge in [-0.2, -0.15) is 5.10 Å². The molecule has 0 fully saturated rings. The number of aryl methyl sites for hydroxylation is 2. The minimum Gasteiger partial charge on any atom is -0.490 e. The number of imidazole rings is 1. The number of benzene rings is 2. The van der Waals surface area contributed by atoms with Crippen molar-refractivity contribution in [3.05, 3.63) is 83.4 Å². The second kappa shape index (κ2) is 12.5. The van der Waals surface area contributed by atoms with E-state index in [1.807, 2.05) is 50.6 Å². The number of hydrogen-bond acceptors (Lipinski definition) is 7. The molecule has 0 spiro atoms. The van der Waals surface area contributed by atoms with Crippen molar-refractivity contribution in [2.24, 2.45) is 7.05 Å². The van der Waals surface area contributed by atoms with Gasteiger partial charge in [-0.05, 0) is 45.0 Å². The lowest BCUT2D eigenvalue weighted by Gasteiger charge is -2.38. The highest BCUT2D eigenvalue weighted by Gasteiger charge is 2.35. The summed E-state index contributed by atoms with van der Waals surface area (Å²) >= 11 is 1.13. The topological polar surface area (TPSA) is 87.3 Å². The molecule has 13 heteroatoms. The smallest absolute Gasteiger partial charge is 0.246 e. The van der Waals surface area contributed by atoms with Crippen molar-refractivity contribution in [1.29, 1.82) is 0 Å². The lowest BCUT2D eigenvalue weighted by Crippen LogP contribution is -2.46. The molecule has 9 nitrogen and oxygen atoms in total. The number of carbonyl (C=O) groups is 1. The second-order valence-electron chi connectivity index (χ2n) is 12.1. The molecule has 0 radical (unpaired) electrons. The molecule has 4 aromatic heterocycles. The highest BCUT2D eigenvalue weighted by Crippen LogP contribution is 2.48. The number of pyridine rings is 1. The molecule has 5 heterocycles. The van der Waals surface area contributed by atoms with Crippen molar-refractivity contribution in [3.63, 3.8) is 0 Å². The summed E-state index contributed by atoms with van der Waals surface area (Å²) in [6.07, 6.45) is 1.28. The largest absolute Gasteiger partial charge is 0.490 e. The fourth-order valence-electron chi connectivity index (χ4n) is 6.72. The lowest BCUT2D eigenvalue weighted by atomic mass is 9.94. The minimum absolute atomic E-state index is 0.00660. The molecule has 49 heavy (non-hydrogen) atoms. The first kappa shape index (κ1) is 32.5. The Labute approximate surface area is 284 Å². The predicted octanol–water partition coefficient (Wildman–Crippen LogP) is 7.61. The van der Waals surface area contributed by atoms with Crippen LogP contribution in [0.25, 0.3) is 54.9 Å². The monoisotopic (exact) mass is 686 g/mol. The van der Waals surface area contributed by atoms with Gasteiger partial charge in [-0.25, -0.2) is 23.1 Å². The van der Waals surface area contributed by atoms with Crippen LogP contribution >= 0.6 is 11.3 Å². The first-order chi connectivity index (χ1) is 23.5. The zero-order chi connectivity index (χ0) is 34.7. The van der Waals surface area contributed by atoms with Crippen LogP contribution in [0, 0.1) is 24.4 Å². The molecular weight excluding hydrogens is 653 g/mol. The SMILES string of the molecule is C=CC(=O)N1[C@H](C)Cn2nc(-c3nc(-c4ccc5c(c4)nc(C)n5C)c4scc(F)c4c3-c3c(F)cc(F)cc3OCCOC)cc2[C@@H]1C. The van der Waals surface area contributed by atoms with Crippen LogP contribution in [0.3, 0.4) is 0 Å². The zero-order valence-corrected chi connectivity index (χ0v) is 28.4. The molecule has 2 aromatic carbocycles. The summed E-state index contributed by atoms with van der Waals surface area (Å²) in [5.41, 5.74) is 3.91. The van der Waals surface area contributed by atoms with Crippen LogP contribution in [-0.2, 0) is 23.1 Å². The van der Waals surface area contributed by atoms with E-state index in [2.05, 4.69) is 11.6 Å². The maximum absolute atomic E-state index is 16.2. The van der Waals surface area contributed by atoms with E-state index in [1.165, 1.54) is 18.6 Å². The van der Waals surface area contributed by atoms with Crippen molar-refractivity contribution in [3.8, 4) is 39.5 Å². The Morgan fingerprint density at radius 1 is 1.06 bits per heavy atom. The summed E-state index contributed by atoms with van der Waals surface area (Å²) in [6.45, 7) is 9.91. The van der Waals surface area contributed by atoms with Gasteiger partial charge in [0.25, 0.3) is 0 Å². The summed E-state index contributed by atoms with van der Waals surface area (Å²) in [5, 5.41) is 6.34. The van der Waals surface area contributed by atoms with Crippen LogP contribution in [0.2, 0.25) is 0 Å². The van der Waals surface area contributed by atoms with Crippen LogP contribution in [0.4, 0.5) is 13.2 Å². The fraction of sp³-hybridized carbons (Fsp3) is 0.278. The number of nitrogens with zero attached hydrogens (tertiary/aromatic N) is 6. The highest BCUT2D eigenvalue weighted by molar-refractivity contribution is 7.17. The predicted molar refractivity (Wildman–Crippen MR) is 183 cm³/mol. The molecule has 0 bridgehead atoms. The van der Waals surface area contributed by atoms with Crippen molar-refractivity contribution in [2.75, 3.05) is 20.3 Å². The third-order valence-electron chi connectivity index (χ3n) is 9.10. The van der Waals surface area contributed by atoms with Gasteiger partial charge in [0.05, 0.1) is 51.9 Å². The number of aromatic nitrogens is 5. The Hall–Kier alpha value is -5.01. The third-order valence-corrected chi connectivity index (χ3v) is 10.1. The summed E-state index contributed by atoms with van der Waals surface area (Å²) in [4.78, 5) is 24.3. The van der Waals surface area contributed by atoms with Gasteiger partial charge in [0.1, 0.15) is 47.0 Å². The van der Waals surface area contributed by atoms with Crippen LogP contribution in [0.5, 0.6) is 5.75 Å². The summed E-state index contributed by atoms with van der Waals surface area (Å²) in [6, 6.07) is 8.72. The van der Waals surface area contributed by atoms with Crippen LogP contribution in [0.1, 0.15) is 31.4 Å².